The minimum Gasteiger partial charge on any atom is -0.369 e. The Hall–Kier alpha value is -2.02. The Morgan fingerprint density at radius 2 is 1.92 bits per heavy atom. The smallest absolute Gasteiger partial charge is 0.231 e. The fourth-order valence-electron chi connectivity index (χ4n) is 3.41. The Labute approximate surface area is 139 Å². The van der Waals surface area contributed by atoms with E-state index in [1.54, 1.807) is 0 Å². The molecule has 5 nitrogen and oxygen atoms in total. The van der Waals surface area contributed by atoms with E-state index >= 15 is 0 Å². The summed E-state index contributed by atoms with van der Waals surface area (Å²) in [6.45, 7) is 1.36. The zero-order valence-electron chi connectivity index (χ0n) is 13.4. The summed E-state index contributed by atoms with van der Waals surface area (Å²) < 4.78 is 26.9. The molecule has 1 saturated heterocycles. The number of carbonyl (C=O) groups excluding carboxylic acids is 2. The molecule has 1 aliphatic heterocycles. The number of rotatable bonds is 5. The average Bonchev–Trinajstić information content (AvgIpc) is 3.26. The van der Waals surface area contributed by atoms with E-state index in [2.05, 4.69) is 5.32 Å². The number of halogens is 2. The third-order valence-electron chi connectivity index (χ3n) is 4.78. The zero-order valence-corrected chi connectivity index (χ0v) is 13.4. The normalized spacial score (nSPS) is 22.8. The van der Waals surface area contributed by atoms with Crippen molar-refractivity contribution in [1.82, 2.24) is 10.2 Å². The highest BCUT2D eigenvalue weighted by molar-refractivity contribution is 5.81. The van der Waals surface area contributed by atoms with Gasteiger partial charge in [-0.05, 0) is 49.9 Å². The van der Waals surface area contributed by atoms with Gasteiger partial charge in [0.1, 0.15) is 11.6 Å². The second-order valence-corrected chi connectivity index (χ2v) is 6.77. The van der Waals surface area contributed by atoms with Gasteiger partial charge in [0.15, 0.2) is 0 Å². The lowest BCUT2D eigenvalue weighted by molar-refractivity contribution is -0.129. The first-order valence-electron chi connectivity index (χ1n) is 8.17. The number of primary amides is 1. The second-order valence-electron chi connectivity index (χ2n) is 6.77. The maximum Gasteiger partial charge on any atom is 0.231 e. The number of nitrogens with one attached hydrogen (secondary N) is 1. The fourth-order valence-corrected chi connectivity index (χ4v) is 3.41. The summed E-state index contributed by atoms with van der Waals surface area (Å²) in [5.74, 6) is -2.07. The highest BCUT2D eigenvalue weighted by atomic mass is 19.1. The van der Waals surface area contributed by atoms with Crippen molar-refractivity contribution in [3.05, 3.63) is 35.4 Å². The van der Waals surface area contributed by atoms with Crippen LogP contribution in [-0.4, -0.2) is 36.3 Å². The van der Waals surface area contributed by atoms with E-state index in [1.807, 2.05) is 4.90 Å². The van der Waals surface area contributed by atoms with Crippen LogP contribution >= 0.6 is 0 Å². The van der Waals surface area contributed by atoms with Gasteiger partial charge in [-0.1, -0.05) is 0 Å². The highest BCUT2D eigenvalue weighted by Gasteiger charge is 2.47. The minimum absolute atomic E-state index is 0.133. The van der Waals surface area contributed by atoms with Crippen LogP contribution in [0.4, 0.5) is 8.78 Å². The van der Waals surface area contributed by atoms with Crippen molar-refractivity contribution in [2.45, 2.75) is 31.2 Å². The van der Waals surface area contributed by atoms with E-state index in [4.69, 9.17) is 5.73 Å². The molecule has 1 aromatic carbocycles. The Kier molecular flexibility index (Phi) is 4.54. The predicted octanol–water partition coefficient (Wildman–Crippen LogP) is 1.27. The lowest BCUT2D eigenvalue weighted by Gasteiger charge is -2.32. The van der Waals surface area contributed by atoms with E-state index < -0.39 is 23.1 Å². The number of carbonyl (C=O) groups is 2. The number of benzene rings is 1. The first kappa shape index (κ1) is 16.8. The first-order chi connectivity index (χ1) is 11.4. The topological polar surface area (TPSA) is 75.4 Å². The zero-order chi connectivity index (χ0) is 17.3. The molecule has 1 saturated carbocycles. The van der Waals surface area contributed by atoms with Gasteiger partial charge in [-0.3, -0.25) is 14.5 Å². The largest absolute Gasteiger partial charge is 0.369 e. The number of hydrogen-bond donors (Lipinski definition) is 2. The van der Waals surface area contributed by atoms with Crippen molar-refractivity contribution in [2.24, 2.45) is 11.7 Å². The van der Waals surface area contributed by atoms with Crippen LogP contribution in [0.1, 0.15) is 31.2 Å². The molecule has 0 aromatic heterocycles. The molecular formula is C17H21F2N3O2. The number of nitrogens with zero attached hydrogens (tertiary/aromatic N) is 1. The molecule has 1 atom stereocenters. The summed E-state index contributed by atoms with van der Waals surface area (Å²) in [7, 11) is 0. The van der Waals surface area contributed by atoms with E-state index in [-0.39, 0.29) is 18.4 Å². The Morgan fingerprint density at radius 1 is 1.25 bits per heavy atom. The average molecular weight is 337 g/mol. The molecule has 24 heavy (non-hydrogen) atoms. The van der Waals surface area contributed by atoms with Crippen LogP contribution in [-0.2, 0) is 15.1 Å². The quantitative estimate of drug-likeness (QED) is 0.850. The van der Waals surface area contributed by atoms with Gasteiger partial charge in [-0.25, -0.2) is 8.78 Å². The summed E-state index contributed by atoms with van der Waals surface area (Å²) in [6.07, 6.45) is 2.88. The third kappa shape index (κ3) is 3.72. The van der Waals surface area contributed by atoms with E-state index in [9.17, 15) is 18.4 Å². The van der Waals surface area contributed by atoms with E-state index in [0.717, 1.165) is 25.5 Å². The van der Waals surface area contributed by atoms with Crippen LogP contribution in [0.2, 0.25) is 0 Å². The Balaban J connectivity index is 1.66. The van der Waals surface area contributed by atoms with Crippen molar-refractivity contribution in [3.8, 4) is 0 Å². The maximum absolute atomic E-state index is 13.4. The number of hydrogen-bond acceptors (Lipinski definition) is 3. The lowest BCUT2D eigenvalue weighted by Crippen LogP contribution is -2.47. The van der Waals surface area contributed by atoms with Crippen LogP contribution in [0, 0.1) is 17.6 Å². The summed E-state index contributed by atoms with van der Waals surface area (Å²) in [5, 5.41) is 2.97. The number of nitrogens with two attached hydrogens (primary N) is 1. The van der Waals surface area contributed by atoms with Gasteiger partial charge in [0.2, 0.25) is 11.8 Å². The molecule has 1 aliphatic carbocycles. The van der Waals surface area contributed by atoms with Crippen LogP contribution in [0.3, 0.4) is 0 Å². The van der Waals surface area contributed by atoms with Crippen molar-refractivity contribution in [1.29, 1.82) is 0 Å². The molecule has 2 fully saturated rings. The molecular weight excluding hydrogens is 316 g/mol. The van der Waals surface area contributed by atoms with Gasteiger partial charge in [0.25, 0.3) is 0 Å². The van der Waals surface area contributed by atoms with Crippen LogP contribution in [0.25, 0.3) is 0 Å². The van der Waals surface area contributed by atoms with Gasteiger partial charge >= 0.3 is 0 Å². The number of piperidine rings is 1. The van der Waals surface area contributed by atoms with Crippen molar-refractivity contribution in [2.75, 3.05) is 19.6 Å². The number of likely N-dealkylation sites (tertiary alicyclic amines) is 1. The van der Waals surface area contributed by atoms with Gasteiger partial charge in [-0.2, -0.15) is 0 Å². The first-order valence-corrected chi connectivity index (χ1v) is 8.17. The van der Waals surface area contributed by atoms with Crippen molar-refractivity contribution < 1.29 is 18.4 Å². The van der Waals surface area contributed by atoms with E-state index in [1.165, 1.54) is 12.1 Å². The second kappa shape index (κ2) is 6.47. The standard InChI is InChI=1S/C17H21F2N3O2/c18-13-6-12(7-14(19)8-13)17(3-4-17)21-16(24)11-2-1-5-22(9-11)10-15(20)23/h6-8,11H,1-5,9-10H2,(H2,20,23)(H,21,24)/t11-/m0/s1. The fraction of sp³-hybridized carbons (Fsp3) is 0.529. The molecule has 3 N–H and O–H groups in total. The molecule has 130 valence electrons. The van der Waals surface area contributed by atoms with Gasteiger partial charge in [0, 0.05) is 12.6 Å². The summed E-state index contributed by atoms with van der Waals surface area (Å²) in [5.41, 5.74) is 5.02. The molecule has 0 spiro atoms. The predicted molar refractivity (Wildman–Crippen MR) is 83.8 cm³/mol. The Morgan fingerprint density at radius 3 is 2.50 bits per heavy atom. The highest BCUT2D eigenvalue weighted by Crippen LogP contribution is 2.46. The molecule has 0 bridgehead atoms. The minimum atomic E-state index is -0.661. The van der Waals surface area contributed by atoms with Crippen LogP contribution < -0.4 is 11.1 Å². The molecule has 0 unspecified atom stereocenters. The van der Waals surface area contributed by atoms with Crippen molar-refractivity contribution in [3.63, 3.8) is 0 Å². The molecule has 1 heterocycles. The molecule has 1 aromatic rings. The van der Waals surface area contributed by atoms with Crippen LogP contribution in [0.15, 0.2) is 18.2 Å². The lowest BCUT2D eigenvalue weighted by atomic mass is 9.95. The van der Waals surface area contributed by atoms with E-state index in [0.29, 0.717) is 24.9 Å². The molecule has 2 aliphatic rings. The summed E-state index contributed by atoms with van der Waals surface area (Å²) >= 11 is 0. The Bertz CT molecular complexity index is 641. The van der Waals surface area contributed by atoms with Crippen molar-refractivity contribution >= 4 is 11.8 Å². The molecule has 0 radical (unpaired) electrons. The SMILES string of the molecule is NC(=O)CN1CCC[C@H](C(=O)NC2(c3cc(F)cc(F)c3)CC2)C1. The molecule has 3 rings (SSSR count). The van der Waals surface area contributed by atoms with Crippen LogP contribution in [0.5, 0.6) is 0 Å². The third-order valence-corrected chi connectivity index (χ3v) is 4.78. The maximum atomic E-state index is 13.4. The molecule has 7 heteroatoms. The molecule has 2 amide bonds. The van der Waals surface area contributed by atoms with Gasteiger partial charge in [0.05, 0.1) is 18.0 Å². The monoisotopic (exact) mass is 337 g/mol. The van der Waals surface area contributed by atoms with Gasteiger partial charge < -0.3 is 11.1 Å². The number of amides is 2. The summed E-state index contributed by atoms with van der Waals surface area (Å²) in [6, 6.07) is 3.37. The van der Waals surface area contributed by atoms with Gasteiger partial charge in [-0.15, -0.1) is 0 Å². The summed E-state index contributed by atoms with van der Waals surface area (Å²) in [4.78, 5) is 25.5.